The number of imidazole rings is 1. The molecule has 2 heterocycles. The number of aryl methyl sites for hydroxylation is 1. The first-order chi connectivity index (χ1) is 11.7. The Labute approximate surface area is 141 Å². The van der Waals surface area contributed by atoms with Crippen molar-refractivity contribution in [1.82, 2.24) is 24.6 Å². The highest BCUT2D eigenvalue weighted by molar-refractivity contribution is 5.72. The van der Waals surface area contributed by atoms with Crippen molar-refractivity contribution in [1.29, 1.82) is 0 Å². The molecule has 1 aromatic carbocycles. The molecule has 1 N–H and O–H groups in total. The van der Waals surface area contributed by atoms with E-state index in [1.807, 2.05) is 41.5 Å². The van der Waals surface area contributed by atoms with Gasteiger partial charge >= 0.3 is 0 Å². The Hall–Kier alpha value is -2.89. The maximum absolute atomic E-state index is 11.1. The van der Waals surface area contributed by atoms with Crippen molar-refractivity contribution in [3.05, 3.63) is 60.8 Å². The zero-order valence-corrected chi connectivity index (χ0v) is 13.7. The SMILES string of the molecule is CC(=O)NCCn1cnc(-c2ccccc2)c1CCn1cccn1. The summed E-state index contributed by atoms with van der Waals surface area (Å²) < 4.78 is 4.03. The van der Waals surface area contributed by atoms with Crippen molar-refractivity contribution in [3.63, 3.8) is 0 Å². The van der Waals surface area contributed by atoms with E-state index < -0.39 is 0 Å². The van der Waals surface area contributed by atoms with Gasteiger partial charge in [0, 0.05) is 56.6 Å². The van der Waals surface area contributed by atoms with Crippen LogP contribution in [0.1, 0.15) is 12.6 Å². The third kappa shape index (κ3) is 3.90. The monoisotopic (exact) mass is 323 g/mol. The van der Waals surface area contributed by atoms with Gasteiger partial charge in [0.15, 0.2) is 0 Å². The molecule has 3 rings (SSSR count). The zero-order chi connectivity index (χ0) is 16.8. The Kier molecular flexibility index (Phi) is 5.05. The van der Waals surface area contributed by atoms with Crippen molar-refractivity contribution < 1.29 is 4.79 Å². The Morgan fingerprint density at radius 2 is 2.00 bits per heavy atom. The molecule has 0 atom stereocenters. The van der Waals surface area contributed by atoms with E-state index in [2.05, 4.69) is 32.1 Å². The first-order valence-electron chi connectivity index (χ1n) is 8.05. The predicted molar refractivity (Wildman–Crippen MR) is 92.3 cm³/mol. The van der Waals surface area contributed by atoms with Gasteiger partial charge in [-0.2, -0.15) is 5.10 Å². The second-order valence-corrected chi connectivity index (χ2v) is 5.60. The molecule has 2 aromatic heterocycles. The summed E-state index contributed by atoms with van der Waals surface area (Å²) in [5.41, 5.74) is 3.25. The summed E-state index contributed by atoms with van der Waals surface area (Å²) in [5, 5.41) is 7.10. The molecule has 0 fully saturated rings. The van der Waals surface area contributed by atoms with E-state index in [-0.39, 0.29) is 5.91 Å². The van der Waals surface area contributed by atoms with Gasteiger partial charge in [-0.05, 0) is 6.07 Å². The van der Waals surface area contributed by atoms with Crippen LogP contribution in [0.25, 0.3) is 11.3 Å². The van der Waals surface area contributed by atoms with Crippen LogP contribution in [0, 0.1) is 0 Å². The molecule has 6 nitrogen and oxygen atoms in total. The fraction of sp³-hybridized carbons (Fsp3) is 0.278. The second-order valence-electron chi connectivity index (χ2n) is 5.60. The quantitative estimate of drug-likeness (QED) is 0.724. The van der Waals surface area contributed by atoms with Gasteiger partial charge in [-0.15, -0.1) is 0 Å². The maximum atomic E-state index is 11.1. The number of hydrogen-bond donors (Lipinski definition) is 1. The van der Waals surface area contributed by atoms with Crippen LogP contribution in [0.5, 0.6) is 0 Å². The van der Waals surface area contributed by atoms with Gasteiger partial charge in [0.2, 0.25) is 5.91 Å². The van der Waals surface area contributed by atoms with Gasteiger partial charge in [-0.3, -0.25) is 9.48 Å². The molecule has 24 heavy (non-hydrogen) atoms. The lowest BCUT2D eigenvalue weighted by molar-refractivity contribution is -0.118. The molecule has 1 amide bonds. The van der Waals surface area contributed by atoms with E-state index in [0.29, 0.717) is 13.1 Å². The Balaban J connectivity index is 1.82. The summed E-state index contributed by atoms with van der Waals surface area (Å²) in [6.07, 6.45) is 6.42. The van der Waals surface area contributed by atoms with Crippen molar-refractivity contribution in [3.8, 4) is 11.3 Å². The van der Waals surface area contributed by atoms with Crippen molar-refractivity contribution in [2.75, 3.05) is 6.54 Å². The van der Waals surface area contributed by atoms with E-state index in [9.17, 15) is 4.79 Å². The van der Waals surface area contributed by atoms with Gasteiger partial charge in [-0.1, -0.05) is 30.3 Å². The molecule has 0 saturated heterocycles. The van der Waals surface area contributed by atoms with Crippen LogP contribution in [0.15, 0.2) is 55.1 Å². The Bertz CT molecular complexity index is 777. The van der Waals surface area contributed by atoms with Gasteiger partial charge in [-0.25, -0.2) is 4.98 Å². The fourth-order valence-electron chi connectivity index (χ4n) is 2.71. The maximum Gasteiger partial charge on any atom is 0.216 e. The molecular weight excluding hydrogens is 302 g/mol. The minimum absolute atomic E-state index is 0.0171. The number of carbonyl (C=O) groups excluding carboxylic acids is 1. The summed E-state index contributed by atoms with van der Waals surface area (Å²) in [7, 11) is 0. The van der Waals surface area contributed by atoms with Crippen molar-refractivity contribution in [2.24, 2.45) is 0 Å². The fourth-order valence-corrected chi connectivity index (χ4v) is 2.71. The number of hydrogen-bond acceptors (Lipinski definition) is 3. The molecule has 124 valence electrons. The summed E-state index contributed by atoms with van der Waals surface area (Å²) >= 11 is 0. The summed E-state index contributed by atoms with van der Waals surface area (Å²) in [4.78, 5) is 15.7. The topological polar surface area (TPSA) is 64.7 Å². The van der Waals surface area contributed by atoms with E-state index >= 15 is 0 Å². The number of benzene rings is 1. The van der Waals surface area contributed by atoms with Gasteiger partial charge in [0.1, 0.15) is 0 Å². The Morgan fingerprint density at radius 1 is 1.17 bits per heavy atom. The number of nitrogens with zero attached hydrogens (tertiary/aromatic N) is 4. The van der Waals surface area contributed by atoms with Gasteiger partial charge in [0.25, 0.3) is 0 Å². The molecule has 0 saturated carbocycles. The second kappa shape index (κ2) is 7.59. The van der Waals surface area contributed by atoms with E-state index in [1.165, 1.54) is 6.92 Å². The van der Waals surface area contributed by atoms with Crippen LogP contribution < -0.4 is 5.32 Å². The lowest BCUT2D eigenvalue weighted by atomic mass is 10.1. The highest BCUT2D eigenvalue weighted by Crippen LogP contribution is 2.22. The average molecular weight is 323 g/mol. The highest BCUT2D eigenvalue weighted by atomic mass is 16.1. The van der Waals surface area contributed by atoms with E-state index in [0.717, 1.165) is 29.9 Å². The Morgan fingerprint density at radius 3 is 2.71 bits per heavy atom. The third-order valence-electron chi connectivity index (χ3n) is 3.86. The zero-order valence-electron chi connectivity index (χ0n) is 13.7. The number of nitrogens with one attached hydrogen (secondary N) is 1. The molecule has 0 aliphatic carbocycles. The van der Waals surface area contributed by atoms with Crippen molar-refractivity contribution in [2.45, 2.75) is 26.4 Å². The number of rotatable bonds is 7. The molecule has 0 aliphatic rings. The average Bonchev–Trinajstić information content (AvgIpc) is 3.23. The molecule has 0 spiro atoms. The van der Waals surface area contributed by atoms with Crippen LogP contribution in [0.3, 0.4) is 0 Å². The first-order valence-corrected chi connectivity index (χ1v) is 8.05. The van der Waals surface area contributed by atoms with Crippen LogP contribution in [-0.4, -0.2) is 31.8 Å². The molecule has 6 heteroatoms. The van der Waals surface area contributed by atoms with Crippen LogP contribution in [0.4, 0.5) is 0 Å². The number of aromatic nitrogens is 4. The van der Waals surface area contributed by atoms with Crippen molar-refractivity contribution >= 4 is 5.91 Å². The standard InChI is InChI=1S/C18H21N5O/c1-15(24)19-10-13-22-14-20-18(16-6-3-2-4-7-16)17(22)8-12-23-11-5-9-21-23/h2-7,9,11,14H,8,10,12-13H2,1H3,(H,19,24). The smallest absolute Gasteiger partial charge is 0.216 e. The normalized spacial score (nSPS) is 10.7. The minimum atomic E-state index is -0.0171. The predicted octanol–water partition coefficient (Wildman–Crippen LogP) is 2.13. The van der Waals surface area contributed by atoms with E-state index in [1.54, 1.807) is 6.20 Å². The molecule has 0 unspecified atom stereocenters. The number of carbonyl (C=O) groups is 1. The largest absolute Gasteiger partial charge is 0.355 e. The van der Waals surface area contributed by atoms with Crippen LogP contribution >= 0.6 is 0 Å². The lowest BCUT2D eigenvalue weighted by Crippen LogP contribution is -2.25. The summed E-state index contributed by atoms with van der Waals surface area (Å²) in [5.74, 6) is -0.0171. The molecule has 3 aromatic rings. The van der Waals surface area contributed by atoms with Crippen LogP contribution in [0.2, 0.25) is 0 Å². The number of amides is 1. The summed E-state index contributed by atoms with van der Waals surface area (Å²) in [6, 6.07) is 12.1. The molecule has 0 radical (unpaired) electrons. The molecule has 0 aliphatic heterocycles. The third-order valence-corrected chi connectivity index (χ3v) is 3.86. The summed E-state index contributed by atoms with van der Waals surface area (Å²) in [6.45, 7) is 3.61. The van der Waals surface area contributed by atoms with E-state index in [4.69, 9.17) is 0 Å². The van der Waals surface area contributed by atoms with Gasteiger partial charge < -0.3 is 9.88 Å². The van der Waals surface area contributed by atoms with Gasteiger partial charge in [0.05, 0.1) is 12.0 Å². The highest BCUT2D eigenvalue weighted by Gasteiger charge is 2.13. The molecular formula is C18H21N5O. The lowest BCUT2D eigenvalue weighted by Gasteiger charge is -2.11. The minimum Gasteiger partial charge on any atom is -0.355 e. The van der Waals surface area contributed by atoms with Crippen LogP contribution in [-0.2, 0) is 24.3 Å². The molecule has 0 bridgehead atoms. The first kappa shape index (κ1) is 16.0.